The number of aryl methyl sites for hydroxylation is 1. The first kappa shape index (κ1) is 17.9. The van der Waals surface area contributed by atoms with Crippen LogP contribution in [0.1, 0.15) is 21.5 Å². The van der Waals surface area contributed by atoms with Gasteiger partial charge >= 0.3 is 0 Å². The second-order valence-corrected chi connectivity index (χ2v) is 6.21. The number of hydrogen-bond acceptors (Lipinski definition) is 5. The van der Waals surface area contributed by atoms with Gasteiger partial charge in [-0.05, 0) is 30.7 Å². The first-order chi connectivity index (χ1) is 12.5. The number of nitro groups is 1. The summed E-state index contributed by atoms with van der Waals surface area (Å²) in [4.78, 5) is 25.0. The number of carbonyl (C=O) groups is 1. The van der Waals surface area contributed by atoms with Crippen LogP contribution in [0.3, 0.4) is 0 Å². The van der Waals surface area contributed by atoms with Crippen molar-refractivity contribution in [3.8, 4) is 0 Å². The molecule has 7 heteroatoms. The van der Waals surface area contributed by atoms with E-state index >= 15 is 0 Å². The molecule has 0 bridgehead atoms. The lowest BCUT2D eigenvalue weighted by molar-refractivity contribution is -0.385. The SMILES string of the molecule is Cc1ccc(C(=O)NCc2ccc(N3CCOCC3)cc2)cc1[N+](=O)[O-]. The highest BCUT2D eigenvalue weighted by atomic mass is 16.6. The smallest absolute Gasteiger partial charge is 0.273 e. The Morgan fingerprint density at radius 3 is 2.54 bits per heavy atom. The molecule has 1 aliphatic heterocycles. The van der Waals surface area contributed by atoms with Crippen molar-refractivity contribution in [2.75, 3.05) is 31.2 Å². The van der Waals surface area contributed by atoms with Gasteiger partial charge in [-0.1, -0.05) is 18.2 Å². The summed E-state index contributed by atoms with van der Waals surface area (Å²) in [5, 5.41) is 13.8. The van der Waals surface area contributed by atoms with Crippen molar-refractivity contribution in [1.29, 1.82) is 0 Å². The maximum atomic E-state index is 12.3. The molecule has 1 heterocycles. The van der Waals surface area contributed by atoms with Crippen LogP contribution in [0, 0.1) is 17.0 Å². The van der Waals surface area contributed by atoms with E-state index in [-0.39, 0.29) is 17.2 Å². The normalized spacial score (nSPS) is 14.1. The van der Waals surface area contributed by atoms with Gasteiger partial charge in [-0.15, -0.1) is 0 Å². The summed E-state index contributed by atoms with van der Waals surface area (Å²) in [7, 11) is 0. The number of benzene rings is 2. The molecule has 0 aromatic heterocycles. The molecule has 3 rings (SSSR count). The first-order valence-electron chi connectivity index (χ1n) is 8.49. The topological polar surface area (TPSA) is 84.7 Å². The van der Waals surface area contributed by atoms with Crippen LogP contribution < -0.4 is 10.2 Å². The second-order valence-electron chi connectivity index (χ2n) is 6.21. The summed E-state index contributed by atoms with van der Waals surface area (Å²) >= 11 is 0. The molecule has 2 aromatic rings. The minimum absolute atomic E-state index is 0.0486. The Morgan fingerprint density at radius 2 is 1.88 bits per heavy atom. The molecule has 0 radical (unpaired) electrons. The molecule has 2 aromatic carbocycles. The minimum Gasteiger partial charge on any atom is -0.378 e. The van der Waals surface area contributed by atoms with E-state index in [0.29, 0.717) is 12.1 Å². The van der Waals surface area contributed by atoms with Crippen LogP contribution in [0.25, 0.3) is 0 Å². The van der Waals surface area contributed by atoms with Gasteiger partial charge in [0.15, 0.2) is 0 Å². The second kappa shape index (κ2) is 7.97. The van der Waals surface area contributed by atoms with Gasteiger partial charge in [-0.25, -0.2) is 0 Å². The summed E-state index contributed by atoms with van der Waals surface area (Å²) in [5.74, 6) is -0.328. The van der Waals surface area contributed by atoms with Crippen molar-refractivity contribution < 1.29 is 14.5 Å². The highest BCUT2D eigenvalue weighted by Gasteiger charge is 2.15. The molecular weight excluding hydrogens is 334 g/mol. The largest absolute Gasteiger partial charge is 0.378 e. The van der Waals surface area contributed by atoms with Gasteiger partial charge in [0.1, 0.15) is 0 Å². The molecule has 26 heavy (non-hydrogen) atoms. The molecule has 1 aliphatic rings. The zero-order chi connectivity index (χ0) is 18.5. The van der Waals surface area contributed by atoms with Crippen molar-refractivity contribution >= 4 is 17.3 Å². The minimum atomic E-state index is -0.476. The van der Waals surface area contributed by atoms with E-state index < -0.39 is 4.92 Å². The third-order valence-electron chi connectivity index (χ3n) is 4.43. The number of amides is 1. The maximum Gasteiger partial charge on any atom is 0.273 e. The van der Waals surface area contributed by atoms with Gasteiger partial charge in [-0.2, -0.15) is 0 Å². The molecular formula is C19H21N3O4. The van der Waals surface area contributed by atoms with Gasteiger partial charge in [0.05, 0.1) is 18.1 Å². The summed E-state index contributed by atoms with van der Waals surface area (Å²) in [6, 6.07) is 12.5. The summed E-state index contributed by atoms with van der Waals surface area (Å²) < 4.78 is 5.35. The van der Waals surface area contributed by atoms with Crippen LogP contribution in [0.5, 0.6) is 0 Å². The van der Waals surface area contributed by atoms with Gasteiger partial charge in [0.2, 0.25) is 0 Å². The molecule has 1 saturated heterocycles. The van der Waals surface area contributed by atoms with Crippen LogP contribution in [0.15, 0.2) is 42.5 Å². The van der Waals surface area contributed by atoms with Gasteiger partial charge in [0, 0.05) is 42.5 Å². The van der Waals surface area contributed by atoms with E-state index in [1.807, 2.05) is 24.3 Å². The Bertz CT molecular complexity index is 799. The number of nitro benzene ring substituents is 1. The van der Waals surface area contributed by atoms with Crippen molar-refractivity contribution in [1.82, 2.24) is 5.32 Å². The Balaban J connectivity index is 1.61. The number of carbonyl (C=O) groups excluding carboxylic acids is 1. The van der Waals surface area contributed by atoms with Crippen LogP contribution in [0.2, 0.25) is 0 Å². The molecule has 0 atom stereocenters. The number of ether oxygens (including phenoxy) is 1. The predicted octanol–water partition coefficient (Wildman–Crippen LogP) is 2.67. The van der Waals surface area contributed by atoms with Crippen molar-refractivity contribution in [3.63, 3.8) is 0 Å². The lowest BCUT2D eigenvalue weighted by atomic mass is 10.1. The maximum absolute atomic E-state index is 12.3. The van der Waals surface area contributed by atoms with E-state index in [0.717, 1.165) is 37.6 Å². The number of rotatable bonds is 5. The Morgan fingerprint density at radius 1 is 1.19 bits per heavy atom. The van der Waals surface area contributed by atoms with E-state index in [9.17, 15) is 14.9 Å². The number of nitrogens with one attached hydrogen (secondary N) is 1. The summed E-state index contributed by atoms with van der Waals surface area (Å²) in [5.41, 5.74) is 2.87. The fourth-order valence-corrected chi connectivity index (χ4v) is 2.88. The molecule has 0 saturated carbocycles. The van der Waals surface area contributed by atoms with Crippen molar-refractivity contribution in [3.05, 3.63) is 69.3 Å². The van der Waals surface area contributed by atoms with Crippen LogP contribution in [-0.4, -0.2) is 37.1 Å². The third-order valence-corrected chi connectivity index (χ3v) is 4.43. The standard InChI is InChI=1S/C19H21N3O4/c1-14-2-5-16(12-18(14)22(24)25)19(23)20-13-15-3-6-17(7-4-15)21-8-10-26-11-9-21/h2-7,12H,8-11,13H2,1H3,(H,20,23). The fraction of sp³-hybridized carbons (Fsp3) is 0.316. The highest BCUT2D eigenvalue weighted by Crippen LogP contribution is 2.20. The lowest BCUT2D eigenvalue weighted by Gasteiger charge is -2.28. The Kier molecular flexibility index (Phi) is 5.48. The van der Waals surface area contributed by atoms with E-state index in [1.165, 1.54) is 6.07 Å². The molecule has 0 aliphatic carbocycles. The number of nitrogens with zero attached hydrogens (tertiary/aromatic N) is 2. The monoisotopic (exact) mass is 355 g/mol. The summed E-state index contributed by atoms with van der Waals surface area (Å²) in [6.07, 6.45) is 0. The lowest BCUT2D eigenvalue weighted by Crippen LogP contribution is -2.36. The third kappa shape index (κ3) is 4.18. The van der Waals surface area contributed by atoms with Gasteiger partial charge in [0.25, 0.3) is 11.6 Å². The van der Waals surface area contributed by atoms with Gasteiger partial charge in [-0.3, -0.25) is 14.9 Å². The van der Waals surface area contributed by atoms with E-state index in [1.54, 1.807) is 19.1 Å². The number of hydrogen-bond donors (Lipinski definition) is 1. The fourth-order valence-electron chi connectivity index (χ4n) is 2.88. The predicted molar refractivity (Wildman–Crippen MR) is 98.5 cm³/mol. The van der Waals surface area contributed by atoms with Crippen molar-refractivity contribution in [2.45, 2.75) is 13.5 Å². The zero-order valence-corrected chi connectivity index (χ0v) is 14.6. The Labute approximate surface area is 151 Å². The number of morpholine rings is 1. The molecule has 1 amide bonds. The molecule has 7 nitrogen and oxygen atoms in total. The average Bonchev–Trinajstić information content (AvgIpc) is 2.67. The molecule has 0 spiro atoms. The number of anilines is 1. The first-order valence-corrected chi connectivity index (χ1v) is 8.49. The Hall–Kier alpha value is -2.93. The van der Waals surface area contributed by atoms with Gasteiger partial charge < -0.3 is 15.0 Å². The summed E-state index contributed by atoms with van der Waals surface area (Å²) in [6.45, 7) is 5.24. The molecule has 0 unspecified atom stereocenters. The zero-order valence-electron chi connectivity index (χ0n) is 14.6. The molecule has 1 fully saturated rings. The molecule has 136 valence electrons. The quantitative estimate of drug-likeness (QED) is 0.658. The average molecular weight is 355 g/mol. The molecule has 1 N–H and O–H groups in total. The highest BCUT2D eigenvalue weighted by molar-refractivity contribution is 5.94. The van der Waals surface area contributed by atoms with E-state index in [4.69, 9.17) is 4.74 Å². The van der Waals surface area contributed by atoms with Crippen LogP contribution in [-0.2, 0) is 11.3 Å². The van der Waals surface area contributed by atoms with Crippen LogP contribution >= 0.6 is 0 Å². The van der Waals surface area contributed by atoms with Crippen molar-refractivity contribution in [2.24, 2.45) is 0 Å². The van der Waals surface area contributed by atoms with E-state index in [2.05, 4.69) is 10.2 Å². The van der Waals surface area contributed by atoms with Crippen LogP contribution in [0.4, 0.5) is 11.4 Å².